The largest absolute Gasteiger partial charge is 0.326 e. The lowest BCUT2D eigenvalue weighted by molar-refractivity contribution is -0.119. The fraction of sp³-hybridized carbons (Fsp3) is 0.238. The van der Waals surface area contributed by atoms with Gasteiger partial charge in [-0.1, -0.05) is 19.9 Å². The molecule has 0 aromatic heterocycles. The van der Waals surface area contributed by atoms with E-state index in [0.717, 1.165) is 0 Å². The van der Waals surface area contributed by atoms with Gasteiger partial charge in [-0.05, 0) is 36.4 Å². The third-order valence-corrected chi connectivity index (χ3v) is 3.75. The highest BCUT2D eigenvalue weighted by Crippen LogP contribution is 2.22. The predicted molar refractivity (Wildman–Crippen MR) is 113 cm³/mol. The Balaban J connectivity index is 2.24. The van der Waals surface area contributed by atoms with E-state index in [-0.39, 0.29) is 29.2 Å². The van der Waals surface area contributed by atoms with E-state index in [1.54, 1.807) is 44.2 Å². The molecule has 0 unspecified atom stereocenters. The van der Waals surface area contributed by atoms with Gasteiger partial charge in [0.25, 0.3) is 5.91 Å². The minimum Gasteiger partial charge on any atom is -0.326 e. The van der Waals surface area contributed by atoms with Gasteiger partial charge < -0.3 is 21.3 Å². The number of hydrogen-bond donors (Lipinski definition) is 4. The smallest absolute Gasteiger partial charge is 0.255 e. The van der Waals surface area contributed by atoms with Crippen LogP contribution >= 0.6 is 0 Å². The number of anilines is 4. The lowest BCUT2D eigenvalue weighted by Gasteiger charge is -2.12. The van der Waals surface area contributed by atoms with E-state index < -0.39 is 5.91 Å². The van der Waals surface area contributed by atoms with Gasteiger partial charge in [0.2, 0.25) is 17.7 Å². The summed E-state index contributed by atoms with van der Waals surface area (Å²) >= 11 is 0. The van der Waals surface area contributed by atoms with Crippen molar-refractivity contribution in [3.63, 3.8) is 0 Å². The highest BCUT2D eigenvalue weighted by Gasteiger charge is 2.12. The number of nitrogens with one attached hydrogen (secondary N) is 4. The van der Waals surface area contributed by atoms with Gasteiger partial charge >= 0.3 is 0 Å². The molecule has 0 bridgehead atoms. The molecule has 29 heavy (non-hydrogen) atoms. The number of hydrogen-bond acceptors (Lipinski definition) is 4. The van der Waals surface area contributed by atoms with Crippen molar-refractivity contribution in [3.05, 3.63) is 48.0 Å². The average molecular weight is 396 g/mol. The van der Waals surface area contributed by atoms with Crippen molar-refractivity contribution in [2.45, 2.75) is 27.7 Å². The fourth-order valence-corrected chi connectivity index (χ4v) is 2.47. The van der Waals surface area contributed by atoms with Crippen LogP contribution < -0.4 is 21.3 Å². The van der Waals surface area contributed by atoms with Crippen molar-refractivity contribution in [1.29, 1.82) is 0 Å². The Morgan fingerprint density at radius 2 is 1.17 bits per heavy atom. The Hall–Kier alpha value is -3.68. The van der Waals surface area contributed by atoms with Crippen LogP contribution in [-0.2, 0) is 14.4 Å². The zero-order valence-corrected chi connectivity index (χ0v) is 16.8. The van der Waals surface area contributed by atoms with E-state index in [0.29, 0.717) is 22.7 Å². The molecule has 0 aliphatic carbocycles. The number of rotatable bonds is 6. The molecule has 2 rings (SSSR count). The Kier molecular flexibility index (Phi) is 7.08. The normalized spacial score (nSPS) is 10.2. The molecule has 0 spiro atoms. The van der Waals surface area contributed by atoms with Gasteiger partial charge in [0.15, 0.2) is 0 Å². The standard InChI is InChI=1S/C21H24N4O4/c1-12(2)20(28)24-16-6-5-7-17(10-16)25-21(29)15-8-18(22-13(3)26)11-19(9-15)23-14(4)27/h5-12H,1-4H3,(H,22,26)(H,23,27)(H,24,28)(H,25,29). The topological polar surface area (TPSA) is 116 Å². The maximum Gasteiger partial charge on any atom is 0.255 e. The molecular formula is C21H24N4O4. The van der Waals surface area contributed by atoms with Crippen LogP contribution in [0, 0.1) is 5.92 Å². The third-order valence-electron chi connectivity index (χ3n) is 3.75. The van der Waals surface area contributed by atoms with E-state index in [1.165, 1.54) is 26.0 Å². The minimum atomic E-state index is -0.434. The molecule has 0 radical (unpaired) electrons. The summed E-state index contributed by atoms with van der Waals surface area (Å²) in [6.07, 6.45) is 0. The molecule has 8 heteroatoms. The van der Waals surface area contributed by atoms with Crippen molar-refractivity contribution in [3.8, 4) is 0 Å². The molecule has 0 heterocycles. The zero-order chi connectivity index (χ0) is 21.6. The molecule has 8 nitrogen and oxygen atoms in total. The van der Waals surface area contributed by atoms with E-state index in [9.17, 15) is 19.2 Å². The summed E-state index contributed by atoms with van der Waals surface area (Å²) in [5, 5.41) is 10.7. The van der Waals surface area contributed by atoms with Crippen LogP contribution in [0.2, 0.25) is 0 Å². The fourth-order valence-electron chi connectivity index (χ4n) is 2.47. The molecule has 2 aromatic carbocycles. The highest BCUT2D eigenvalue weighted by atomic mass is 16.2. The van der Waals surface area contributed by atoms with Crippen LogP contribution in [0.5, 0.6) is 0 Å². The SMILES string of the molecule is CC(=O)Nc1cc(NC(C)=O)cc(C(=O)Nc2cccc(NC(=O)C(C)C)c2)c1. The van der Waals surface area contributed by atoms with Crippen molar-refractivity contribution in [2.75, 3.05) is 21.3 Å². The van der Waals surface area contributed by atoms with Crippen LogP contribution in [-0.4, -0.2) is 23.6 Å². The maximum atomic E-state index is 12.7. The summed E-state index contributed by atoms with van der Waals surface area (Å²) in [5.41, 5.74) is 2.06. The van der Waals surface area contributed by atoms with E-state index in [4.69, 9.17) is 0 Å². The second-order valence-electron chi connectivity index (χ2n) is 6.84. The number of carbonyl (C=O) groups excluding carboxylic acids is 4. The second kappa shape index (κ2) is 9.50. The first-order valence-electron chi connectivity index (χ1n) is 9.06. The van der Waals surface area contributed by atoms with Gasteiger partial charge in [0.1, 0.15) is 0 Å². The first-order chi connectivity index (χ1) is 13.6. The molecule has 0 aliphatic heterocycles. The summed E-state index contributed by atoms with van der Waals surface area (Å²) in [5.74, 6) is -1.33. The number of carbonyl (C=O) groups is 4. The van der Waals surface area contributed by atoms with Crippen molar-refractivity contribution in [1.82, 2.24) is 0 Å². The van der Waals surface area contributed by atoms with Crippen molar-refractivity contribution in [2.24, 2.45) is 5.92 Å². The predicted octanol–water partition coefficient (Wildman–Crippen LogP) is 3.45. The highest BCUT2D eigenvalue weighted by molar-refractivity contribution is 6.07. The third kappa shape index (κ3) is 6.76. The Bertz CT molecular complexity index is 919. The molecule has 0 aliphatic rings. The number of amides is 4. The summed E-state index contributed by atoms with van der Waals surface area (Å²) in [6.45, 7) is 6.27. The maximum absolute atomic E-state index is 12.7. The summed E-state index contributed by atoms with van der Waals surface area (Å²) in [7, 11) is 0. The van der Waals surface area contributed by atoms with Gasteiger partial charge in [-0.15, -0.1) is 0 Å². The minimum absolute atomic E-state index is 0.128. The van der Waals surface area contributed by atoms with Crippen LogP contribution in [0.1, 0.15) is 38.1 Å². The molecule has 2 aromatic rings. The molecule has 0 saturated carbocycles. The van der Waals surface area contributed by atoms with Gasteiger partial charge in [-0.2, -0.15) is 0 Å². The first kappa shape index (κ1) is 21.6. The van der Waals surface area contributed by atoms with Gasteiger partial charge in [0, 0.05) is 48.1 Å². The average Bonchev–Trinajstić information content (AvgIpc) is 2.60. The van der Waals surface area contributed by atoms with Crippen molar-refractivity contribution >= 4 is 46.4 Å². The van der Waals surface area contributed by atoms with Gasteiger partial charge in [-0.25, -0.2) is 0 Å². The van der Waals surface area contributed by atoms with Crippen molar-refractivity contribution < 1.29 is 19.2 Å². The van der Waals surface area contributed by atoms with Crippen LogP contribution in [0.15, 0.2) is 42.5 Å². The Morgan fingerprint density at radius 3 is 1.66 bits per heavy atom. The lowest BCUT2D eigenvalue weighted by atomic mass is 10.1. The molecule has 152 valence electrons. The molecule has 4 amide bonds. The van der Waals surface area contributed by atoms with Gasteiger partial charge in [0.05, 0.1) is 0 Å². The zero-order valence-electron chi connectivity index (χ0n) is 16.8. The molecule has 0 atom stereocenters. The molecule has 0 fully saturated rings. The number of benzene rings is 2. The summed E-state index contributed by atoms with van der Waals surface area (Å²) in [6, 6.07) is 11.3. The summed E-state index contributed by atoms with van der Waals surface area (Å²) in [4.78, 5) is 47.3. The summed E-state index contributed by atoms with van der Waals surface area (Å²) < 4.78 is 0. The monoisotopic (exact) mass is 396 g/mol. The van der Waals surface area contributed by atoms with Gasteiger partial charge in [-0.3, -0.25) is 19.2 Å². The first-order valence-corrected chi connectivity index (χ1v) is 9.06. The molecule has 0 saturated heterocycles. The van der Waals surface area contributed by atoms with E-state index in [1.807, 2.05) is 0 Å². The van der Waals surface area contributed by atoms with Crippen LogP contribution in [0.25, 0.3) is 0 Å². The van der Waals surface area contributed by atoms with Crippen LogP contribution in [0.3, 0.4) is 0 Å². The molecule has 4 N–H and O–H groups in total. The van der Waals surface area contributed by atoms with Crippen LogP contribution in [0.4, 0.5) is 22.7 Å². The Morgan fingerprint density at radius 1 is 0.690 bits per heavy atom. The molecular weight excluding hydrogens is 372 g/mol. The lowest BCUT2D eigenvalue weighted by Crippen LogP contribution is -2.18. The second-order valence-corrected chi connectivity index (χ2v) is 6.84. The Labute approximate surface area is 169 Å². The van der Waals surface area contributed by atoms with E-state index in [2.05, 4.69) is 21.3 Å². The quantitative estimate of drug-likeness (QED) is 0.598. The van der Waals surface area contributed by atoms with E-state index >= 15 is 0 Å².